The number of benzene rings is 2. The number of methoxy groups -OCH3 is 1. The zero-order chi connectivity index (χ0) is 22.0. The number of nitrogens with one attached hydrogen (secondary N) is 1. The van der Waals surface area contributed by atoms with E-state index in [-0.39, 0.29) is 17.3 Å². The summed E-state index contributed by atoms with van der Waals surface area (Å²) >= 11 is 0. The molecule has 2 rings (SSSR count). The van der Waals surface area contributed by atoms with E-state index in [2.05, 4.69) is 14.7 Å². The molecule has 0 saturated carbocycles. The number of hydrogen-bond donors (Lipinski definition) is 1. The average molecular weight is 433 g/mol. The molecule has 0 aliphatic carbocycles. The lowest BCUT2D eigenvalue weighted by atomic mass is 10.0. The van der Waals surface area contributed by atoms with Gasteiger partial charge in [0.15, 0.2) is 0 Å². The first-order chi connectivity index (χ1) is 14.4. The summed E-state index contributed by atoms with van der Waals surface area (Å²) in [5.74, 6) is 0.410. The summed E-state index contributed by atoms with van der Waals surface area (Å²) in [6, 6.07) is 13.8. The second-order valence-electron chi connectivity index (χ2n) is 6.77. The van der Waals surface area contributed by atoms with Gasteiger partial charge in [-0.05, 0) is 68.1 Å². The Labute approximate surface area is 178 Å². The third kappa shape index (κ3) is 7.18. The third-order valence-corrected chi connectivity index (χ3v) is 5.54. The Kier molecular flexibility index (Phi) is 8.86. The standard InChI is InChI=1S/C22H28N2O5S/c1-4-16-29-19-12-10-18(11-13-19)21(6-5-7-22(25)28-3)23-24-30(26,27)20-14-8-17(2)9-15-20/h8-15,24H,4-7,16H2,1-3H3/b23-21+. The Morgan fingerprint density at radius 1 is 1.03 bits per heavy atom. The highest BCUT2D eigenvalue weighted by Gasteiger charge is 2.14. The van der Waals surface area contributed by atoms with E-state index in [1.54, 1.807) is 12.1 Å². The van der Waals surface area contributed by atoms with E-state index < -0.39 is 10.0 Å². The number of nitrogens with zero attached hydrogens (tertiary/aromatic N) is 1. The number of ether oxygens (including phenoxy) is 2. The molecule has 1 N–H and O–H groups in total. The Morgan fingerprint density at radius 3 is 2.30 bits per heavy atom. The van der Waals surface area contributed by atoms with Crippen molar-refractivity contribution >= 4 is 21.7 Å². The molecule has 0 aliphatic heterocycles. The van der Waals surface area contributed by atoms with Crippen LogP contribution in [0.5, 0.6) is 5.75 Å². The maximum atomic E-state index is 12.6. The predicted molar refractivity (Wildman–Crippen MR) is 116 cm³/mol. The number of rotatable bonds is 11. The van der Waals surface area contributed by atoms with Crippen LogP contribution in [0.1, 0.15) is 43.7 Å². The van der Waals surface area contributed by atoms with Crippen molar-refractivity contribution < 1.29 is 22.7 Å². The number of esters is 1. The quantitative estimate of drug-likeness (QED) is 0.331. The fraction of sp³-hybridized carbons (Fsp3) is 0.364. The minimum atomic E-state index is -3.80. The van der Waals surface area contributed by atoms with E-state index in [1.165, 1.54) is 19.2 Å². The van der Waals surface area contributed by atoms with Crippen LogP contribution in [0.2, 0.25) is 0 Å². The fourth-order valence-corrected chi connectivity index (χ4v) is 3.45. The van der Waals surface area contributed by atoms with Crippen molar-refractivity contribution in [2.24, 2.45) is 5.10 Å². The highest BCUT2D eigenvalue weighted by molar-refractivity contribution is 7.89. The molecule has 0 amide bonds. The topological polar surface area (TPSA) is 94.1 Å². The molecule has 0 fully saturated rings. The van der Waals surface area contributed by atoms with Gasteiger partial charge in [-0.25, -0.2) is 0 Å². The largest absolute Gasteiger partial charge is 0.494 e. The van der Waals surface area contributed by atoms with Gasteiger partial charge < -0.3 is 9.47 Å². The molecule has 0 unspecified atom stereocenters. The van der Waals surface area contributed by atoms with Gasteiger partial charge in [-0.15, -0.1) is 0 Å². The van der Waals surface area contributed by atoms with Crippen molar-refractivity contribution in [3.05, 3.63) is 59.7 Å². The Bertz CT molecular complexity index is 952. The summed E-state index contributed by atoms with van der Waals surface area (Å²) in [6.45, 7) is 4.53. The first-order valence-corrected chi connectivity index (χ1v) is 11.3. The van der Waals surface area contributed by atoms with E-state index in [4.69, 9.17) is 4.74 Å². The molecule has 7 nitrogen and oxygen atoms in total. The number of sulfonamides is 1. The van der Waals surface area contributed by atoms with Gasteiger partial charge in [0, 0.05) is 6.42 Å². The molecule has 0 saturated heterocycles. The summed E-state index contributed by atoms with van der Waals surface area (Å²) in [5, 5.41) is 4.16. The van der Waals surface area contributed by atoms with Crippen LogP contribution in [-0.4, -0.2) is 33.8 Å². The normalized spacial score (nSPS) is 11.8. The van der Waals surface area contributed by atoms with Crippen LogP contribution in [0.25, 0.3) is 0 Å². The average Bonchev–Trinajstić information content (AvgIpc) is 2.75. The second kappa shape index (κ2) is 11.3. The van der Waals surface area contributed by atoms with Crippen LogP contribution in [0.4, 0.5) is 0 Å². The maximum absolute atomic E-state index is 12.6. The number of hydrogen-bond acceptors (Lipinski definition) is 6. The van der Waals surface area contributed by atoms with Crippen LogP contribution in [-0.2, 0) is 19.6 Å². The molecular formula is C22H28N2O5S. The zero-order valence-electron chi connectivity index (χ0n) is 17.6. The van der Waals surface area contributed by atoms with Gasteiger partial charge in [0.25, 0.3) is 10.0 Å². The first kappa shape index (κ1) is 23.4. The van der Waals surface area contributed by atoms with Crippen LogP contribution >= 0.6 is 0 Å². The minimum Gasteiger partial charge on any atom is -0.494 e. The summed E-state index contributed by atoms with van der Waals surface area (Å²) in [6.07, 6.45) is 2.01. The van der Waals surface area contributed by atoms with E-state index in [0.29, 0.717) is 25.2 Å². The van der Waals surface area contributed by atoms with Crippen molar-refractivity contribution in [1.82, 2.24) is 4.83 Å². The number of hydrazone groups is 1. The Hall–Kier alpha value is -2.87. The van der Waals surface area contributed by atoms with Crippen molar-refractivity contribution in [3.63, 3.8) is 0 Å². The number of aryl methyl sites for hydroxylation is 1. The Morgan fingerprint density at radius 2 is 1.70 bits per heavy atom. The molecule has 0 atom stereocenters. The molecule has 8 heteroatoms. The van der Waals surface area contributed by atoms with Gasteiger partial charge in [-0.3, -0.25) is 4.79 Å². The van der Waals surface area contributed by atoms with Crippen LogP contribution in [0.3, 0.4) is 0 Å². The highest BCUT2D eigenvalue weighted by Crippen LogP contribution is 2.16. The van der Waals surface area contributed by atoms with Crippen LogP contribution in [0.15, 0.2) is 58.5 Å². The van der Waals surface area contributed by atoms with Gasteiger partial charge >= 0.3 is 5.97 Å². The van der Waals surface area contributed by atoms with E-state index in [0.717, 1.165) is 23.3 Å². The zero-order valence-corrected chi connectivity index (χ0v) is 18.4. The van der Waals surface area contributed by atoms with Crippen LogP contribution < -0.4 is 9.57 Å². The molecule has 0 aromatic heterocycles. The SMILES string of the molecule is CCCOc1ccc(/C(CCCC(=O)OC)=N/NS(=O)(=O)c2ccc(C)cc2)cc1. The van der Waals surface area contributed by atoms with E-state index in [9.17, 15) is 13.2 Å². The maximum Gasteiger partial charge on any atom is 0.305 e. The molecule has 0 bridgehead atoms. The summed E-state index contributed by atoms with van der Waals surface area (Å²) in [5.41, 5.74) is 2.23. The van der Waals surface area contributed by atoms with Crippen molar-refractivity contribution in [3.8, 4) is 5.75 Å². The smallest absolute Gasteiger partial charge is 0.305 e. The first-order valence-electron chi connectivity index (χ1n) is 9.81. The van der Waals surface area contributed by atoms with E-state index >= 15 is 0 Å². The third-order valence-electron chi connectivity index (χ3n) is 4.31. The molecule has 2 aromatic rings. The van der Waals surface area contributed by atoms with Gasteiger partial charge in [0.05, 0.1) is 24.3 Å². The second-order valence-corrected chi connectivity index (χ2v) is 8.43. The Balaban J connectivity index is 2.21. The lowest BCUT2D eigenvalue weighted by molar-refractivity contribution is -0.140. The lowest BCUT2D eigenvalue weighted by Crippen LogP contribution is -2.21. The molecule has 0 heterocycles. The molecule has 30 heavy (non-hydrogen) atoms. The van der Waals surface area contributed by atoms with Gasteiger partial charge in [-0.1, -0.05) is 24.6 Å². The monoisotopic (exact) mass is 432 g/mol. The number of carbonyl (C=O) groups excluding carboxylic acids is 1. The van der Waals surface area contributed by atoms with Gasteiger partial charge in [0.1, 0.15) is 5.75 Å². The van der Waals surface area contributed by atoms with E-state index in [1.807, 2.05) is 38.1 Å². The van der Waals surface area contributed by atoms with Gasteiger partial charge in [-0.2, -0.15) is 18.4 Å². The molecular weight excluding hydrogens is 404 g/mol. The van der Waals surface area contributed by atoms with Crippen LogP contribution in [0, 0.1) is 6.92 Å². The molecule has 162 valence electrons. The molecule has 2 aromatic carbocycles. The molecule has 0 spiro atoms. The van der Waals surface area contributed by atoms with Crippen molar-refractivity contribution in [2.45, 2.75) is 44.4 Å². The van der Waals surface area contributed by atoms with Gasteiger partial charge in [0.2, 0.25) is 0 Å². The molecule has 0 aliphatic rings. The fourth-order valence-electron chi connectivity index (χ4n) is 2.62. The number of carbonyl (C=O) groups is 1. The minimum absolute atomic E-state index is 0.133. The highest BCUT2D eigenvalue weighted by atomic mass is 32.2. The summed E-state index contributed by atoms with van der Waals surface area (Å²) in [7, 11) is -2.46. The van der Waals surface area contributed by atoms with Crippen molar-refractivity contribution in [2.75, 3.05) is 13.7 Å². The summed E-state index contributed by atoms with van der Waals surface area (Å²) < 4.78 is 35.4. The lowest BCUT2D eigenvalue weighted by Gasteiger charge is -2.10. The summed E-state index contributed by atoms with van der Waals surface area (Å²) in [4.78, 5) is 13.9. The van der Waals surface area contributed by atoms with Crippen molar-refractivity contribution in [1.29, 1.82) is 0 Å². The predicted octanol–water partition coefficient (Wildman–Crippen LogP) is 3.81. The molecule has 0 radical (unpaired) electrons.